The van der Waals surface area contributed by atoms with Crippen molar-refractivity contribution in [2.45, 2.75) is 0 Å². The molecule has 92 valence electrons. The van der Waals surface area contributed by atoms with Gasteiger partial charge < -0.3 is 10.8 Å². The van der Waals surface area contributed by atoms with E-state index < -0.39 is 11.9 Å². The highest BCUT2D eigenvalue weighted by atomic mass is 16.4. The molecule has 0 aromatic carbocycles. The van der Waals surface area contributed by atoms with Crippen molar-refractivity contribution in [1.29, 1.82) is 0 Å². The Balaban J connectivity index is 0.000000180. The molecule has 1 amide bonds. The third-order valence-electron chi connectivity index (χ3n) is 1.75. The minimum absolute atomic E-state index is 0.0301. The maximum absolute atomic E-state index is 10.4. The Labute approximate surface area is 102 Å². The molecule has 0 aliphatic rings. The largest absolute Gasteiger partial charge is 0.476 e. The fourth-order valence-corrected chi connectivity index (χ4v) is 0.926. The van der Waals surface area contributed by atoms with Gasteiger partial charge in [0.2, 0.25) is 5.91 Å². The smallest absolute Gasteiger partial charge is 0.356 e. The molecule has 0 fully saturated rings. The predicted octanol–water partition coefficient (Wildman–Crippen LogP) is 0.355. The van der Waals surface area contributed by atoms with Gasteiger partial charge in [0.15, 0.2) is 5.69 Å². The summed E-state index contributed by atoms with van der Waals surface area (Å²) in [5.74, 6) is -1.47. The Bertz CT molecular complexity index is 467. The summed E-state index contributed by atoms with van der Waals surface area (Å²) in [4.78, 5) is 31.3. The summed E-state index contributed by atoms with van der Waals surface area (Å²) < 4.78 is 0. The molecule has 2 aromatic heterocycles. The number of carbonyl (C=O) groups is 2. The lowest BCUT2D eigenvalue weighted by Crippen LogP contribution is -2.10. The van der Waals surface area contributed by atoms with Gasteiger partial charge in [-0.3, -0.25) is 14.8 Å². The van der Waals surface area contributed by atoms with E-state index in [0.717, 1.165) is 0 Å². The van der Waals surface area contributed by atoms with Crippen molar-refractivity contribution in [3.8, 4) is 0 Å². The molecule has 18 heavy (non-hydrogen) atoms. The van der Waals surface area contributed by atoms with Gasteiger partial charge >= 0.3 is 5.97 Å². The monoisotopic (exact) mass is 246 g/mol. The molecule has 2 heterocycles. The first-order valence-electron chi connectivity index (χ1n) is 4.80. The molecule has 0 saturated carbocycles. The number of primary amides is 1. The molecule has 0 radical (unpaired) electrons. The van der Waals surface area contributed by atoms with Gasteiger partial charge in [0.05, 0.1) is 6.20 Å². The first-order valence-corrected chi connectivity index (χ1v) is 4.80. The van der Waals surface area contributed by atoms with Crippen LogP contribution in [0.4, 0.5) is 0 Å². The highest BCUT2D eigenvalue weighted by Gasteiger charge is 2.00. The van der Waals surface area contributed by atoms with Crippen LogP contribution in [0.5, 0.6) is 0 Å². The Morgan fingerprint density at radius 2 is 1.72 bits per heavy atom. The summed E-state index contributed by atoms with van der Waals surface area (Å²) in [5, 5.41) is 8.28. The van der Waals surface area contributed by atoms with E-state index >= 15 is 0 Å². The van der Waals surface area contributed by atoms with Gasteiger partial charge in [0.25, 0.3) is 0 Å². The van der Waals surface area contributed by atoms with Gasteiger partial charge in [-0.1, -0.05) is 0 Å². The van der Waals surface area contributed by atoms with Gasteiger partial charge in [-0.15, -0.1) is 0 Å². The molecule has 2 rings (SSSR count). The van der Waals surface area contributed by atoms with E-state index in [1.165, 1.54) is 31.0 Å². The number of pyridine rings is 1. The number of hydrogen-bond acceptors (Lipinski definition) is 5. The summed E-state index contributed by atoms with van der Waals surface area (Å²) in [7, 11) is 0. The number of carbonyl (C=O) groups excluding carboxylic acids is 1. The van der Waals surface area contributed by atoms with Crippen molar-refractivity contribution < 1.29 is 14.7 Å². The lowest BCUT2D eigenvalue weighted by atomic mass is 10.3. The zero-order valence-corrected chi connectivity index (χ0v) is 9.22. The molecule has 0 bridgehead atoms. The lowest BCUT2D eigenvalue weighted by molar-refractivity contribution is 0.0689. The van der Waals surface area contributed by atoms with Crippen LogP contribution >= 0.6 is 0 Å². The van der Waals surface area contributed by atoms with Gasteiger partial charge in [-0.05, 0) is 12.1 Å². The van der Waals surface area contributed by atoms with Crippen molar-refractivity contribution >= 4 is 11.9 Å². The quantitative estimate of drug-likeness (QED) is 0.789. The van der Waals surface area contributed by atoms with Crippen LogP contribution in [0.25, 0.3) is 0 Å². The number of nitrogens with two attached hydrogens (primary N) is 1. The Kier molecular flexibility index (Phi) is 4.92. The predicted molar refractivity (Wildman–Crippen MR) is 61.7 cm³/mol. The first-order chi connectivity index (χ1) is 8.61. The molecule has 2 aromatic rings. The number of rotatable bonds is 2. The number of carboxylic acid groups (broad SMARTS) is 1. The third-order valence-corrected chi connectivity index (χ3v) is 1.75. The van der Waals surface area contributed by atoms with Crippen molar-refractivity contribution in [2.24, 2.45) is 5.73 Å². The normalized spacial score (nSPS) is 8.89. The fraction of sp³-hybridized carbons (Fsp3) is 0. The number of hydrogen-bond donors (Lipinski definition) is 2. The molecule has 0 spiro atoms. The summed E-state index contributed by atoms with van der Waals surface area (Å²) in [6, 6.07) is 3.14. The molecule has 7 heteroatoms. The number of nitrogens with zero attached hydrogens (tertiary/aromatic N) is 3. The van der Waals surface area contributed by atoms with Crippen LogP contribution in [0.15, 0.2) is 43.1 Å². The van der Waals surface area contributed by atoms with Crippen molar-refractivity contribution in [2.75, 3.05) is 0 Å². The molecule has 0 saturated heterocycles. The number of aromatic nitrogens is 3. The van der Waals surface area contributed by atoms with Crippen LogP contribution < -0.4 is 5.73 Å². The fourth-order valence-electron chi connectivity index (χ4n) is 0.926. The first kappa shape index (κ1) is 13.2. The summed E-state index contributed by atoms with van der Waals surface area (Å²) in [6.45, 7) is 0. The number of aromatic carboxylic acids is 1. The van der Waals surface area contributed by atoms with E-state index in [-0.39, 0.29) is 5.69 Å². The summed E-state index contributed by atoms with van der Waals surface area (Å²) in [5.41, 5.74) is 5.41. The van der Waals surface area contributed by atoms with Crippen LogP contribution in [-0.4, -0.2) is 31.9 Å². The van der Waals surface area contributed by atoms with Crippen LogP contribution in [0.1, 0.15) is 20.8 Å². The Hall–Kier alpha value is -2.83. The van der Waals surface area contributed by atoms with Crippen molar-refractivity contribution in [1.82, 2.24) is 15.0 Å². The molecule has 0 atom stereocenters. The summed E-state index contributed by atoms with van der Waals surface area (Å²) in [6.07, 6.45) is 7.01. The van der Waals surface area contributed by atoms with Gasteiger partial charge in [0, 0.05) is 30.4 Å². The van der Waals surface area contributed by atoms with Crippen LogP contribution in [0, 0.1) is 0 Å². The van der Waals surface area contributed by atoms with E-state index in [1.54, 1.807) is 12.1 Å². The van der Waals surface area contributed by atoms with E-state index in [4.69, 9.17) is 10.8 Å². The average Bonchev–Trinajstić information content (AvgIpc) is 2.41. The number of carboxylic acids is 1. The minimum atomic E-state index is -1.05. The highest BCUT2D eigenvalue weighted by molar-refractivity contribution is 5.92. The van der Waals surface area contributed by atoms with Crippen LogP contribution in [0.2, 0.25) is 0 Å². The number of amides is 1. The second kappa shape index (κ2) is 6.69. The van der Waals surface area contributed by atoms with E-state index in [9.17, 15) is 9.59 Å². The standard InChI is InChI=1S/C6H6N2O.C5H4N2O2/c7-6(9)5-1-3-8-4-2-5;8-5(9)4-3-6-1-2-7-4/h1-4H,(H2,7,9);1-3H,(H,8,9). The zero-order chi connectivity index (χ0) is 13.4. The molecule has 0 aliphatic heterocycles. The molecular formula is C11H10N4O3. The third kappa shape index (κ3) is 4.35. The Morgan fingerprint density at radius 3 is 2.06 bits per heavy atom. The SMILES string of the molecule is NC(=O)c1ccncc1.O=C(O)c1cnccn1. The average molecular weight is 246 g/mol. The van der Waals surface area contributed by atoms with E-state index in [1.807, 2.05) is 0 Å². The molecular weight excluding hydrogens is 236 g/mol. The van der Waals surface area contributed by atoms with Crippen molar-refractivity contribution in [3.05, 3.63) is 54.4 Å². The van der Waals surface area contributed by atoms with Gasteiger partial charge in [-0.25, -0.2) is 9.78 Å². The maximum Gasteiger partial charge on any atom is 0.356 e. The van der Waals surface area contributed by atoms with E-state index in [0.29, 0.717) is 5.56 Å². The summed E-state index contributed by atoms with van der Waals surface area (Å²) >= 11 is 0. The molecule has 3 N–H and O–H groups in total. The minimum Gasteiger partial charge on any atom is -0.476 e. The highest BCUT2D eigenvalue weighted by Crippen LogP contribution is 1.92. The van der Waals surface area contributed by atoms with Crippen LogP contribution in [-0.2, 0) is 0 Å². The molecule has 0 aliphatic carbocycles. The van der Waals surface area contributed by atoms with Crippen molar-refractivity contribution in [3.63, 3.8) is 0 Å². The molecule has 0 unspecified atom stereocenters. The zero-order valence-electron chi connectivity index (χ0n) is 9.22. The lowest BCUT2D eigenvalue weighted by Gasteiger charge is -1.88. The van der Waals surface area contributed by atoms with Gasteiger partial charge in [-0.2, -0.15) is 0 Å². The Morgan fingerprint density at radius 1 is 1.06 bits per heavy atom. The van der Waals surface area contributed by atoms with E-state index in [2.05, 4.69) is 15.0 Å². The van der Waals surface area contributed by atoms with Crippen LogP contribution in [0.3, 0.4) is 0 Å². The molecule has 7 nitrogen and oxygen atoms in total. The maximum atomic E-state index is 10.4. The van der Waals surface area contributed by atoms with Gasteiger partial charge in [0.1, 0.15) is 0 Å². The topological polar surface area (TPSA) is 119 Å². The second-order valence-corrected chi connectivity index (χ2v) is 3.00. The second-order valence-electron chi connectivity index (χ2n) is 3.00.